The second-order valence-electron chi connectivity index (χ2n) is 3.87. The maximum absolute atomic E-state index is 12.0. The van der Waals surface area contributed by atoms with Gasteiger partial charge in [-0.25, -0.2) is 4.79 Å². The number of nitrogens with zero attached hydrogens (tertiary/aromatic N) is 1. The Labute approximate surface area is 124 Å². The van der Waals surface area contributed by atoms with Crippen molar-refractivity contribution in [2.45, 2.75) is 13.3 Å². The highest BCUT2D eigenvalue weighted by atomic mass is 79.9. The van der Waals surface area contributed by atoms with E-state index in [9.17, 15) is 9.59 Å². The molecule has 1 aromatic carbocycles. The van der Waals surface area contributed by atoms with Crippen molar-refractivity contribution in [1.29, 1.82) is 0 Å². The molecule has 0 aromatic heterocycles. The largest absolute Gasteiger partial charge is 0.480 e. The van der Waals surface area contributed by atoms with Gasteiger partial charge in [0.15, 0.2) is 0 Å². The van der Waals surface area contributed by atoms with Gasteiger partial charge in [-0.1, -0.05) is 34.5 Å². The molecule has 0 saturated heterocycles. The lowest BCUT2D eigenvalue weighted by atomic mass is 10.3. The minimum absolute atomic E-state index is 0.339. The van der Waals surface area contributed by atoms with Crippen LogP contribution in [0, 0.1) is 0 Å². The van der Waals surface area contributed by atoms with Crippen LogP contribution in [0.1, 0.15) is 13.3 Å². The van der Waals surface area contributed by atoms with Gasteiger partial charge < -0.3 is 15.3 Å². The maximum Gasteiger partial charge on any atom is 0.323 e. The molecule has 0 saturated carbocycles. The average Bonchev–Trinajstić information content (AvgIpc) is 2.31. The van der Waals surface area contributed by atoms with Gasteiger partial charge in [0.1, 0.15) is 6.54 Å². The quantitative estimate of drug-likeness (QED) is 0.855. The number of halogens is 2. The van der Waals surface area contributed by atoms with Crippen molar-refractivity contribution >= 4 is 45.2 Å². The highest BCUT2D eigenvalue weighted by Gasteiger charge is 2.16. The van der Waals surface area contributed by atoms with Gasteiger partial charge in [0.2, 0.25) is 0 Å². The van der Waals surface area contributed by atoms with E-state index in [1.807, 2.05) is 6.92 Å². The number of carbonyl (C=O) groups is 2. The molecule has 0 bridgehead atoms. The zero-order valence-electron chi connectivity index (χ0n) is 10.3. The number of carboxylic acid groups (broad SMARTS) is 1. The van der Waals surface area contributed by atoms with E-state index in [1.165, 1.54) is 4.90 Å². The number of hydrogen-bond acceptors (Lipinski definition) is 2. The molecule has 0 aliphatic rings. The predicted octanol–water partition coefficient (Wildman–Crippen LogP) is 3.43. The molecule has 0 heterocycles. The second kappa shape index (κ2) is 7.35. The normalized spacial score (nSPS) is 10.1. The van der Waals surface area contributed by atoms with Crippen LogP contribution < -0.4 is 5.32 Å². The Bertz CT molecular complexity index is 482. The summed E-state index contributed by atoms with van der Waals surface area (Å²) in [7, 11) is 0. The zero-order chi connectivity index (χ0) is 14.4. The molecule has 0 aliphatic heterocycles. The summed E-state index contributed by atoms with van der Waals surface area (Å²) in [4.78, 5) is 23.9. The first-order valence-electron chi connectivity index (χ1n) is 5.66. The standard InChI is InChI=1S/C12H14BrClN2O3/c1-2-5-16(7-11(17)18)12(19)15-10-4-3-8(13)6-9(10)14/h3-4,6H,2,5,7H2,1H3,(H,15,19)(H,17,18). The number of benzene rings is 1. The molecule has 1 rings (SSSR count). The number of urea groups is 1. The lowest BCUT2D eigenvalue weighted by Gasteiger charge is -2.20. The number of hydrogen-bond donors (Lipinski definition) is 2. The summed E-state index contributed by atoms with van der Waals surface area (Å²) in [6.07, 6.45) is 0.675. The summed E-state index contributed by atoms with van der Waals surface area (Å²) in [5.74, 6) is -1.05. The molecule has 104 valence electrons. The summed E-state index contributed by atoms with van der Waals surface area (Å²) in [6.45, 7) is 1.90. The number of rotatable bonds is 5. The van der Waals surface area contributed by atoms with Crippen LogP contribution in [0.5, 0.6) is 0 Å². The van der Waals surface area contributed by atoms with Crippen LogP contribution in [0.25, 0.3) is 0 Å². The first-order chi connectivity index (χ1) is 8.93. The first kappa shape index (κ1) is 15.8. The van der Waals surface area contributed by atoms with E-state index in [-0.39, 0.29) is 6.54 Å². The Balaban J connectivity index is 2.77. The highest BCUT2D eigenvalue weighted by Crippen LogP contribution is 2.25. The third-order valence-electron chi connectivity index (χ3n) is 2.28. The van der Waals surface area contributed by atoms with E-state index >= 15 is 0 Å². The van der Waals surface area contributed by atoms with E-state index in [4.69, 9.17) is 16.7 Å². The molecule has 19 heavy (non-hydrogen) atoms. The molecule has 2 N–H and O–H groups in total. The van der Waals surface area contributed by atoms with Crippen LogP contribution in [0.15, 0.2) is 22.7 Å². The molecule has 0 atom stereocenters. The molecular weight excluding hydrogens is 336 g/mol. The Morgan fingerprint density at radius 2 is 2.16 bits per heavy atom. The summed E-state index contributed by atoms with van der Waals surface area (Å²) in [6, 6.07) is 4.56. The van der Waals surface area contributed by atoms with E-state index < -0.39 is 12.0 Å². The number of amides is 2. The fourth-order valence-electron chi connectivity index (χ4n) is 1.47. The van der Waals surface area contributed by atoms with Gasteiger partial charge >= 0.3 is 12.0 Å². The molecule has 1 aromatic rings. The molecule has 0 aliphatic carbocycles. The highest BCUT2D eigenvalue weighted by molar-refractivity contribution is 9.10. The van der Waals surface area contributed by atoms with Gasteiger partial charge in [0.05, 0.1) is 10.7 Å². The van der Waals surface area contributed by atoms with Crippen LogP contribution in [0.2, 0.25) is 5.02 Å². The first-order valence-corrected chi connectivity index (χ1v) is 6.84. The molecule has 0 spiro atoms. The van der Waals surface area contributed by atoms with Crippen LogP contribution in [-0.4, -0.2) is 35.1 Å². The van der Waals surface area contributed by atoms with Crippen molar-refractivity contribution in [2.24, 2.45) is 0 Å². The van der Waals surface area contributed by atoms with Crippen LogP contribution in [0.3, 0.4) is 0 Å². The fraction of sp³-hybridized carbons (Fsp3) is 0.333. The Hall–Kier alpha value is -1.27. The number of nitrogens with one attached hydrogen (secondary N) is 1. The molecule has 7 heteroatoms. The van der Waals surface area contributed by atoms with Crippen LogP contribution >= 0.6 is 27.5 Å². The van der Waals surface area contributed by atoms with Gasteiger partial charge in [-0.2, -0.15) is 0 Å². The second-order valence-corrected chi connectivity index (χ2v) is 5.19. The molecule has 5 nitrogen and oxygen atoms in total. The zero-order valence-corrected chi connectivity index (χ0v) is 12.7. The van der Waals surface area contributed by atoms with E-state index in [1.54, 1.807) is 18.2 Å². The molecule has 0 radical (unpaired) electrons. The fourth-order valence-corrected chi connectivity index (χ4v) is 2.19. The SMILES string of the molecule is CCCN(CC(=O)O)C(=O)Nc1ccc(Br)cc1Cl. The topological polar surface area (TPSA) is 69.6 Å². The minimum atomic E-state index is -1.05. The summed E-state index contributed by atoms with van der Waals surface area (Å²) in [5.41, 5.74) is 0.446. The van der Waals surface area contributed by atoms with Crippen LogP contribution in [0.4, 0.5) is 10.5 Å². The van der Waals surface area contributed by atoms with E-state index in [0.717, 1.165) is 4.47 Å². The molecule has 0 fully saturated rings. The molecular formula is C12H14BrClN2O3. The van der Waals surface area contributed by atoms with Crippen molar-refractivity contribution in [1.82, 2.24) is 4.90 Å². The third kappa shape index (κ3) is 5.08. The number of aliphatic carboxylic acids is 1. The smallest absolute Gasteiger partial charge is 0.323 e. The Morgan fingerprint density at radius 3 is 2.68 bits per heavy atom. The van der Waals surface area contributed by atoms with E-state index in [2.05, 4.69) is 21.2 Å². The lowest BCUT2D eigenvalue weighted by Crippen LogP contribution is -2.39. The monoisotopic (exact) mass is 348 g/mol. The number of anilines is 1. The van der Waals surface area contributed by atoms with Gasteiger partial charge in [-0.05, 0) is 24.6 Å². The van der Waals surface area contributed by atoms with Gasteiger partial charge in [-0.3, -0.25) is 4.79 Å². The van der Waals surface area contributed by atoms with Gasteiger partial charge in [0.25, 0.3) is 0 Å². The summed E-state index contributed by atoms with van der Waals surface area (Å²) < 4.78 is 0.798. The van der Waals surface area contributed by atoms with Crippen LogP contribution in [-0.2, 0) is 4.79 Å². The maximum atomic E-state index is 12.0. The Morgan fingerprint density at radius 1 is 1.47 bits per heavy atom. The van der Waals surface area contributed by atoms with Gasteiger partial charge in [-0.15, -0.1) is 0 Å². The van der Waals surface area contributed by atoms with E-state index in [0.29, 0.717) is 23.7 Å². The summed E-state index contributed by atoms with van der Waals surface area (Å²) >= 11 is 9.25. The predicted molar refractivity (Wildman–Crippen MR) is 77.7 cm³/mol. The molecule has 2 amide bonds. The third-order valence-corrected chi connectivity index (χ3v) is 3.09. The van der Waals surface area contributed by atoms with Crippen molar-refractivity contribution in [3.8, 4) is 0 Å². The number of carbonyl (C=O) groups excluding carboxylic acids is 1. The lowest BCUT2D eigenvalue weighted by molar-refractivity contribution is -0.137. The molecule has 0 unspecified atom stereocenters. The van der Waals surface area contributed by atoms with Crippen molar-refractivity contribution in [3.63, 3.8) is 0 Å². The van der Waals surface area contributed by atoms with Gasteiger partial charge in [0, 0.05) is 11.0 Å². The Kier molecular flexibility index (Phi) is 6.11. The van der Waals surface area contributed by atoms with Crippen molar-refractivity contribution in [3.05, 3.63) is 27.7 Å². The van der Waals surface area contributed by atoms with Crippen molar-refractivity contribution < 1.29 is 14.7 Å². The van der Waals surface area contributed by atoms with Crippen molar-refractivity contribution in [2.75, 3.05) is 18.4 Å². The summed E-state index contributed by atoms with van der Waals surface area (Å²) in [5, 5.41) is 11.7. The number of carboxylic acids is 1. The minimum Gasteiger partial charge on any atom is -0.480 e. The average molecular weight is 350 g/mol.